The van der Waals surface area contributed by atoms with E-state index < -0.39 is 11.9 Å². The van der Waals surface area contributed by atoms with Crippen LogP contribution in [0.5, 0.6) is 0 Å². The Balaban J connectivity index is -0.000000245. The van der Waals surface area contributed by atoms with Crippen molar-refractivity contribution in [2.75, 3.05) is 6.61 Å². The Labute approximate surface area is 75.7 Å². The zero-order valence-corrected chi connectivity index (χ0v) is 5.29. The Morgan fingerprint density at radius 2 is 2.00 bits per heavy atom. The Kier molecular flexibility index (Phi) is 15.2. The summed E-state index contributed by atoms with van der Waals surface area (Å²) in [6.07, 6.45) is 0.492. The zero-order valence-electron chi connectivity index (χ0n) is 5.29. The quantitative estimate of drug-likeness (QED) is 0.487. The summed E-state index contributed by atoms with van der Waals surface area (Å²) >= 11 is 0. The normalized spacial score (nSPS) is 10.6. The van der Waals surface area contributed by atoms with E-state index >= 15 is 0 Å². The average molecular weight is 162 g/mol. The van der Waals surface area contributed by atoms with Gasteiger partial charge in [-0.15, -0.1) is 0 Å². The lowest BCUT2D eigenvalue weighted by atomic mass is 10.1. The van der Waals surface area contributed by atoms with Crippen molar-refractivity contribution in [2.24, 2.45) is 5.92 Å². The van der Waals surface area contributed by atoms with Crippen LogP contribution >= 0.6 is 0 Å². The molecule has 1 unspecified atom stereocenters. The number of aliphatic hydroxyl groups excluding tert-OH is 1. The number of aliphatic hydroxyl groups is 1. The number of rotatable bonds is 3. The van der Waals surface area contributed by atoms with Crippen LogP contribution in [-0.2, 0) is 4.79 Å². The highest BCUT2D eigenvalue weighted by atomic mass is 24.3. The van der Waals surface area contributed by atoms with Crippen molar-refractivity contribution in [3.05, 3.63) is 0 Å². The second-order valence-corrected chi connectivity index (χ2v) is 1.63. The molecule has 4 N–H and O–H groups in total. The summed E-state index contributed by atoms with van der Waals surface area (Å²) < 4.78 is 0. The van der Waals surface area contributed by atoms with Crippen molar-refractivity contribution in [3.63, 3.8) is 0 Å². The van der Waals surface area contributed by atoms with E-state index in [1.807, 2.05) is 0 Å². The molecule has 0 saturated carbocycles. The molecule has 0 heterocycles. The largest absolute Gasteiger partial charge is 0.481 e. The standard InChI is InChI=1S/C5H10O3.Mg.H2O.2H/c1-2-4(3-6)5(7)8;;;;/h4,6H,2-3H2,1H3,(H,7,8);;1H2;;. The molecular weight excluding hydrogens is 148 g/mol. The van der Waals surface area contributed by atoms with Crippen LogP contribution in [0.3, 0.4) is 0 Å². The first-order chi connectivity index (χ1) is 3.72. The number of carbonyl (C=O) groups is 1. The molecule has 0 aromatic heterocycles. The van der Waals surface area contributed by atoms with Crippen LogP contribution in [0.25, 0.3) is 0 Å². The van der Waals surface area contributed by atoms with E-state index in [4.69, 9.17) is 10.2 Å². The summed E-state index contributed by atoms with van der Waals surface area (Å²) in [4.78, 5) is 10.0. The Morgan fingerprint density at radius 3 is 2.00 bits per heavy atom. The van der Waals surface area contributed by atoms with Crippen LogP contribution in [0.15, 0.2) is 0 Å². The van der Waals surface area contributed by atoms with Gasteiger partial charge in [-0.3, -0.25) is 4.79 Å². The minimum absolute atomic E-state index is 0. The molecule has 0 aliphatic heterocycles. The van der Waals surface area contributed by atoms with Gasteiger partial charge >= 0.3 is 29.0 Å². The zero-order chi connectivity index (χ0) is 6.57. The maximum atomic E-state index is 10.0. The summed E-state index contributed by atoms with van der Waals surface area (Å²) in [5, 5.41) is 16.5. The molecule has 1 atom stereocenters. The fourth-order valence-electron chi connectivity index (χ4n) is 0.382. The second kappa shape index (κ2) is 9.16. The summed E-state index contributed by atoms with van der Waals surface area (Å²) in [5.74, 6) is -1.50. The van der Waals surface area contributed by atoms with Gasteiger partial charge < -0.3 is 15.7 Å². The summed E-state index contributed by atoms with van der Waals surface area (Å²) in [7, 11) is 0. The molecule has 4 nitrogen and oxygen atoms in total. The van der Waals surface area contributed by atoms with Crippen LogP contribution in [0.4, 0.5) is 0 Å². The number of hydrogen-bond donors (Lipinski definition) is 2. The van der Waals surface area contributed by atoms with Crippen LogP contribution in [0.2, 0.25) is 0 Å². The van der Waals surface area contributed by atoms with E-state index in [0.717, 1.165) is 0 Å². The van der Waals surface area contributed by atoms with Gasteiger partial charge in [-0.25, -0.2) is 0 Å². The van der Waals surface area contributed by atoms with Crippen molar-refractivity contribution in [1.82, 2.24) is 0 Å². The van der Waals surface area contributed by atoms with Crippen LogP contribution in [0.1, 0.15) is 13.3 Å². The van der Waals surface area contributed by atoms with Crippen LogP contribution in [0, 0.1) is 5.92 Å². The van der Waals surface area contributed by atoms with Gasteiger partial charge in [-0.05, 0) is 6.42 Å². The molecule has 0 bridgehead atoms. The summed E-state index contributed by atoms with van der Waals surface area (Å²) in [6, 6.07) is 0. The molecule has 60 valence electrons. The summed E-state index contributed by atoms with van der Waals surface area (Å²) in [6.45, 7) is 1.47. The first-order valence-electron chi connectivity index (χ1n) is 2.56. The first-order valence-corrected chi connectivity index (χ1v) is 2.56. The highest BCUT2D eigenvalue weighted by Crippen LogP contribution is 1.98. The molecular formula is C5H14MgO4. The van der Waals surface area contributed by atoms with Crippen molar-refractivity contribution in [2.45, 2.75) is 13.3 Å². The lowest BCUT2D eigenvalue weighted by molar-refractivity contribution is -0.143. The van der Waals surface area contributed by atoms with Crippen molar-refractivity contribution in [1.29, 1.82) is 0 Å². The highest BCUT2D eigenvalue weighted by molar-refractivity contribution is 5.75. The van der Waals surface area contributed by atoms with Crippen LogP contribution < -0.4 is 0 Å². The molecule has 10 heavy (non-hydrogen) atoms. The smallest absolute Gasteiger partial charge is 0.316 e. The Morgan fingerprint density at radius 1 is 1.60 bits per heavy atom. The third kappa shape index (κ3) is 6.28. The van der Waals surface area contributed by atoms with Crippen molar-refractivity contribution < 1.29 is 20.5 Å². The van der Waals surface area contributed by atoms with Gasteiger partial charge in [0, 0.05) is 0 Å². The minimum atomic E-state index is -0.921. The molecule has 0 saturated heterocycles. The molecule has 0 radical (unpaired) electrons. The van der Waals surface area contributed by atoms with Gasteiger partial charge in [0.25, 0.3) is 0 Å². The Hall–Kier alpha value is 0.156. The van der Waals surface area contributed by atoms with Gasteiger partial charge in [0.1, 0.15) is 0 Å². The van der Waals surface area contributed by atoms with Gasteiger partial charge in [0.05, 0.1) is 12.5 Å². The third-order valence-corrected chi connectivity index (χ3v) is 1.06. The predicted octanol–water partition coefficient (Wildman–Crippen LogP) is -1.65. The number of hydrogen-bond acceptors (Lipinski definition) is 2. The van der Waals surface area contributed by atoms with Gasteiger partial charge in [-0.1, -0.05) is 6.92 Å². The fourth-order valence-corrected chi connectivity index (χ4v) is 0.382. The summed E-state index contributed by atoms with van der Waals surface area (Å²) in [5.41, 5.74) is 0. The van der Waals surface area contributed by atoms with E-state index in [9.17, 15) is 4.79 Å². The maximum absolute atomic E-state index is 10.0. The number of carboxylic acids is 1. The molecule has 0 aromatic carbocycles. The van der Waals surface area contributed by atoms with Crippen molar-refractivity contribution in [3.8, 4) is 0 Å². The first kappa shape index (κ1) is 16.6. The Bertz CT molecular complexity index is 81.7. The van der Waals surface area contributed by atoms with Gasteiger partial charge in [0.15, 0.2) is 0 Å². The van der Waals surface area contributed by atoms with E-state index in [1.54, 1.807) is 6.92 Å². The molecule has 0 aromatic rings. The molecule has 0 rings (SSSR count). The fraction of sp³-hybridized carbons (Fsp3) is 0.800. The molecule has 0 spiro atoms. The lowest BCUT2D eigenvalue weighted by Gasteiger charge is -2.01. The number of carboxylic acid groups (broad SMARTS) is 1. The van der Waals surface area contributed by atoms with Gasteiger partial charge in [-0.2, -0.15) is 0 Å². The third-order valence-electron chi connectivity index (χ3n) is 1.06. The molecule has 0 aliphatic rings. The van der Waals surface area contributed by atoms with E-state index in [0.29, 0.717) is 6.42 Å². The molecule has 0 fully saturated rings. The molecule has 5 heteroatoms. The topological polar surface area (TPSA) is 89.0 Å². The molecule has 0 amide bonds. The number of aliphatic carboxylic acids is 1. The average Bonchev–Trinajstić information content (AvgIpc) is 1.69. The highest BCUT2D eigenvalue weighted by Gasteiger charge is 2.11. The maximum Gasteiger partial charge on any atom is 0.316 e. The second-order valence-electron chi connectivity index (χ2n) is 1.63. The monoisotopic (exact) mass is 162 g/mol. The lowest BCUT2D eigenvalue weighted by Crippen LogP contribution is -2.16. The SMILES string of the molecule is CCC(CO)C(=O)O.O.[MgH2]. The minimum Gasteiger partial charge on any atom is -0.481 e. The van der Waals surface area contributed by atoms with Crippen LogP contribution in [-0.4, -0.2) is 51.3 Å². The van der Waals surface area contributed by atoms with E-state index in [-0.39, 0.29) is 35.1 Å². The van der Waals surface area contributed by atoms with Crippen molar-refractivity contribution >= 4 is 29.0 Å². The predicted molar refractivity (Wildman–Crippen MR) is 40.7 cm³/mol. The van der Waals surface area contributed by atoms with E-state index in [2.05, 4.69) is 0 Å². The van der Waals surface area contributed by atoms with E-state index in [1.165, 1.54) is 0 Å². The van der Waals surface area contributed by atoms with Gasteiger partial charge in [0.2, 0.25) is 0 Å². The molecule has 0 aliphatic carbocycles.